The summed E-state index contributed by atoms with van der Waals surface area (Å²) >= 11 is 5.84. The SMILES string of the molecule is C#Cc1c(N)ncc(C)c1Cl. The highest BCUT2D eigenvalue weighted by Gasteiger charge is 2.04. The first-order chi connectivity index (χ1) is 5.16. The van der Waals surface area contributed by atoms with Gasteiger partial charge in [-0.2, -0.15) is 0 Å². The fraction of sp³-hybridized carbons (Fsp3) is 0.125. The Morgan fingerprint density at radius 2 is 2.36 bits per heavy atom. The molecule has 0 aliphatic heterocycles. The second-order valence-electron chi connectivity index (χ2n) is 2.16. The molecule has 0 aromatic carbocycles. The zero-order valence-electron chi connectivity index (χ0n) is 6.06. The van der Waals surface area contributed by atoms with Crippen molar-refractivity contribution in [1.29, 1.82) is 0 Å². The molecule has 3 heteroatoms. The van der Waals surface area contributed by atoms with E-state index in [2.05, 4.69) is 10.9 Å². The minimum Gasteiger partial charge on any atom is -0.383 e. The van der Waals surface area contributed by atoms with Gasteiger partial charge in [0.25, 0.3) is 0 Å². The molecule has 1 aromatic heterocycles. The van der Waals surface area contributed by atoms with Crippen molar-refractivity contribution in [2.24, 2.45) is 0 Å². The number of nitrogen functional groups attached to an aromatic ring is 1. The lowest BCUT2D eigenvalue weighted by Crippen LogP contribution is -1.96. The number of nitrogens with two attached hydrogens (primary N) is 1. The average Bonchev–Trinajstić information content (AvgIpc) is 1.99. The lowest BCUT2D eigenvalue weighted by atomic mass is 10.2. The molecule has 0 radical (unpaired) electrons. The maximum absolute atomic E-state index is 5.84. The van der Waals surface area contributed by atoms with Gasteiger partial charge in [-0.25, -0.2) is 4.98 Å². The van der Waals surface area contributed by atoms with E-state index in [-0.39, 0.29) is 0 Å². The Kier molecular flexibility index (Phi) is 2.02. The van der Waals surface area contributed by atoms with Crippen molar-refractivity contribution in [2.45, 2.75) is 6.92 Å². The Morgan fingerprint density at radius 1 is 1.73 bits per heavy atom. The summed E-state index contributed by atoms with van der Waals surface area (Å²) < 4.78 is 0. The smallest absolute Gasteiger partial charge is 0.140 e. The predicted molar refractivity (Wildman–Crippen MR) is 46.3 cm³/mol. The van der Waals surface area contributed by atoms with Crippen molar-refractivity contribution in [3.8, 4) is 12.3 Å². The van der Waals surface area contributed by atoms with Gasteiger partial charge in [0.2, 0.25) is 0 Å². The number of halogens is 1. The first kappa shape index (κ1) is 7.90. The van der Waals surface area contributed by atoms with Crippen LogP contribution in [-0.2, 0) is 0 Å². The molecule has 11 heavy (non-hydrogen) atoms. The second-order valence-corrected chi connectivity index (χ2v) is 2.54. The fourth-order valence-electron chi connectivity index (χ4n) is 0.735. The van der Waals surface area contributed by atoms with Crippen molar-refractivity contribution in [2.75, 3.05) is 5.73 Å². The third-order valence-corrected chi connectivity index (χ3v) is 1.85. The molecule has 0 atom stereocenters. The number of pyridine rings is 1. The van der Waals surface area contributed by atoms with Crippen molar-refractivity contribution in [3.05, 3.63) is 22.3 Å². The van der Waals surface area contributed by atoms with E-state index >= 15 is 0 Å². The van der Waals surface area contributed by atoms with Gasteiger partial charge in [-0.1, -0.05) is 17.5 Å². The zero-order valence-corrected chi connectivity index (χ0v) is 6.81. The monoisotopic (exact) mass is 166 g/mol. The van der Waals surface area contributed by atoms with E-state index in [1.807, 2.05) is 6.92 Å². The maximum Gasteiger partial charge on any atom is 0.140 e. The molecule has 1 aromatic rings. The molecule has 0 aliphatic rings. The molecule has 56 valence electrons. The van der Waals surface area contributed by atoms with Crippen LogP contribution in [-0.4, -0.2) is 4.98 Å². The number of terminal acetylenes is 1. The van der Waals surface area contributed by atoms with Gasteiger partial charge in [0.05, 0.1) is 10.6 Å². The molecule has 0 saturated carbocycles. The highest BCUT2D eigenvalue weighted by atomic mass is 35.5. The van der Waals surface area contributed by atoms with E-state index in [9.17, 15) is 0 Å². The fourth-order valence-corrected chi connectivity index (χ4v) is 0.935. The van der Waals surface area contributed by atoms with Crippen LogP contribution in [0.15, 0.2) is 6.20 Å². The van der Waals surface area contributed by atoms with Crippen LogP contribution in [0, 0.1) is 19.3 Å². The van der Waals surface area contributed by atoms with Crippen molar-refractivity contribution in [1.82, 2.24) is 4.98 Å². The van der Waals surface area contributed by atoms with E-state index in [0.717, 1.165) is 5.56 Å². The van der Waals surface area contributed by atoms with Crippen LogP contribution in [0.1, 0.15) is 11.1 Å². The molecule has 0 bridgehead atoms. The Balaban J connectivity index is 3.44. The van der Waals surface area contributed by atoms with Crippen LogP contribution in [0.4, 0.5) is 5.82 Å². The Bertz CT molecular complexity index is 326. The number of aryl methyl sites for hydroxylation is 1. The quantitative estimate of drug-likeness (QED) is 0.595. The summed E-state index contributed by atoms with van der Waals surface area (Å²) in [6.07, 6.45) is 6.76. The van der Waals surface area contributed by atoms with E-state index in [1.165, 1.54) is 0 Å². The minimum absolute atomic E-state index is 0.308. The second kappa shape index (κ2) is 2.81. The number of hydrogen-bond donors (Lipinski definition) is 1. The molecule has 2 nitrogen and oxygen atoms in total. The van der Waals surface area contributed by atoms with Gasteiger partial charge >= 0.3 is 0 Å². The number of hydrogen-bond acceptors (Lipinski definition) is 2. The largest absolute Gasteiger partial charge is 0.383 e. The first-order valence-corrected chi connectivity index (χ1v) is 3.41. The Labute approximate surface area is 70.4 Å². The van der Waals surface area contributed by atoms with Crippen LogP contribution in [0.2, 0.25) is 5.02 Å². The van der Waals surface area contributed by atoms with Crippen molar-refractivity contribution in [3.63, 3.8) is 0 Å². The van der Waals surface area contributed by atoms with Crippen molar-refractivity contribution >= 4 is 17.4 Å². The lowest BCUT2D eigenvalue weighted by Gasteiger charge is -2.01. The van der Waals surface area contributed by atoms with Crippen molar-refractivity contribution < 1.29 is 0 Å². The van der Waals surface area contributed by atoms with Gasteiger partial charge in [0, 0.05) is 6.20 Å². The summed E-state index contributed by atoms with van der Waals surface area (Å²) in [5.74, 6) is 2.69. The topological polar surface area (TPSA) is 38.9 Å². The average molecular weight is 167 g/mol. The Hall–Kier alpha value is -1.20. The molecule has 0 aliphatic carbocycles. The first-order valence-electron chi connectivity index (χ1n) is 3.04. The summed E-state index contributed by atoms with van der Waals surface area (Å²) in [6, 6.07) is 0. The van der Waals surface area contributed by atoms with Crippen LogP contribution < -0.4 is 5.73 Å². The number of rotatable bonds is 0. The zero-order chi connectivity index (χ0) is 8.43. The standard InChI is InChI=1S/C8H7ClN2/c1-3-6-7(9)5(2)4-11-8(6)10/h1,4H,2H3,(H2,10,11). The third kappa shape index (κ3) is 1.28. The summed E-state index contributed by atoms with van der Waals surface area (Å²) in [6.45, 7) is 1.83. The summed E-state index contributed by atoms with van der Waals surface area (Å²) in [5.41, 5.74) is 6.78. The molecule has 0 amide bonds. The van der Waals surface area contributed by atoms with E-state index in [4.69, 9.17) is 23.8 Å². The van der Waals surface area contributed by atoms with E-state index < -0.39 is 0 Å². The van der Waals surface area contributed by atoms with Gasteiger partial charge in [-0.15, -0.1) is 6.42 Å². The van der Waals surface area contributed by atoms with Gasteiger partial charge in [0.1, 0.15) is 5.82 Å². The normalized spacial score (nSPS) is 9.18. The van der Waals surface area contributed by atoms with Crippen LogP contribution in [0.5, 0.6) is 0 Å². The molecule has 1 heterocycles. The van der Waals surface area contributed by atoms with Gasteiger partial charge in [-0.3, -0.25) is 0 Å². The summed E-state index contributed by atoms with van der Waals surface area (Å²) in [7, 11) is 0. The van der Waals surface area contributed by atoms with Gasteiger partial charge in [0.15, 0.2) is 0 Å². The molecule has 0 fully saturated rings. The van der Waals surface area contributed by atoms with Gasteiger partial charge < -0.3 is 5.73 Å². The number of aromatic nitrogens is 1. The number of nitrogens with zero attached hydrogens (tertiary/aromatic N) is 1. The van der Waals surface area contributed by atoms with Crippen LogP contribution in [0.25, 0.3) is 0 Å². The molecule has 1 rings (SSSR count). The minimum atomic E-state index is 0.308. The lowest BCUT2D eigenvalue weighted by molar-refractivity contribution is 1.26. The van der Waals surface area contributed by atoms with Gasteiger partial charge in [-0.05, 0) is 12.5 Å². The molecular formula is C8H7ClN2. The predicted octanol–water partition coefficient (Wildman–Crippen LogP) is 1.61. The highest BCUT2D eigenvalue weighted by Crippen LogP contribution is 2.22. The summed E-state index contributed by atoms with van der Waals surface area (Å²) in [5, 5.41) is 0.514. The van der Waals surface area contributed by atoms with E-state index in [1.54, 1.807) is 6.20 Å². The van der Waals surface area contributed by atoms with E-state index in [0.29, 0.717) is 16.4 Å². The Morgan fingerprint density at radius 3 is 2.82 bits per heavy atom. The highest BCUT2D eigenvalue weighted by molar-refractivity contribution is 6.32. The number of anilines is 1. The molecule has 0 unspecified atom stereocenters. The third-order valence-electron chi connectivity index (χ3n) is 1.36. The molecule has 0 spiro atoms. The molecule has 0 saturated heterocycles. The molecule has 2 N–H and O–H groups in total. The van der Waals surface area contributed by atoms with Crippen LogP contribution in [0.3, 0.4) is 0 Å². The maximum atomic E-state index is 5.84. The molecular weight excluding hydrogens is 160 g/mol. The summed E-state index contributed by atoms with van der Waals surface area (Å²) in [4.78, 5) is 3.86. The van der Waals surface area contributed by atoms with Crippen LogP contribution >= 0.6 is 11.6 Å².